The number of nitrogens with two attached hydrogens (primary N) is 1. The predicted octanol–water partition coefficient (Wildman–Crippen LogP) is 1.69. The first-order valence-corrected chi connectivity index (χ1v) is 5.77. The van der Waals surface area contributed by atoms with Gasteiger partial charge in [-0.1, -0.05) is 12.8 Å². The van der Waals surface area contributed by atoms with E-state index >= 15 is 0 Å². The molecule has 1 aromatic rings. The largest absolute Gasteiger partial charge is 0.396 e. The Kier molecular flexibility index (Phi) is 3.01. The number of aliphatic hydroxyl groups is 1. The molecule has 1 fully saturated rings. The molecule has 4 N–H and O–H groups in total. The molecule has 1 aliphatic rings. The molecule has 0 radical (unpaired) electrons. The fourth-order valence-corrected chi connectivity index (χ4v) is 2.29. The van der Waals surface area contributed by atoms with Gasteiger partial charge in [0.2, 0.25) is 0 Å². The predicted molar refractivity (Wildman–Crippen MR) is 65.3 cm³/mol. The second kappa shape index (κ2) is 4.29. The minimum atomic E-state index is -0.213. The molecule has 0 aromatic carbocycles. The van der Waals surface area contributed by atoms with Crippen molar-refractivity contribution in [3.63, 3.8) is 0 Å². The Balaban J connectivity index is 2.22. The number of hydrogen-bond acceptors (Lipinski definition) is 4. The molecule has 0 bridgehead atoms. The molecule has 2 rings (SSSR count). The summed E-state index contributed by atoms with van der Waals surface area (Å²) >= 11 is 0. The molecule has 1 heterocycles. The summed E-state index contributed by atoms with van der Waals surface area (Å²) in [5.74, 6) is 0.705. The molecule has 4 nitrogen and oxygen atoms in total. The summed E-state index contributed by atoms with van der Waals surface area (Å²) in [6.07, 6.45) is 6.02. The smallest absolute Gasteiger partial charge is 0.149 e. The van der Waals surface area contributed by atoms with Gasteiger partial charge < -0.3 is 16.2 Å². The van der Waals surface area contributed by atoms with Crippen LogP contribution in [-0.4, -0.2) is 22.2 Å². The van der Waals surface area contributed by atoms with E-state index in [9.17, 15) is 5.11 Å². The number of aryl methyl sites for hydroxylation is 1. The van der Waals surface area contributed by atoms with E-state index in [0.29, 0.717) is 11.5 Å². The van der Waals surface area contributed by atoms with Gasteiger partial charge in [-0.25, -0.2) is 4.98 Å². The summed E-state index contributed by atoms with van der Waals surface area (Å²) in [7, 11) is 0. The first-order valence-electron chi connectivity index (χ1n) is 5.77. The highest BCUT2D eigenvalue weighted by molar-refractivity contribution is 5.65. The van der Waals surface area contributed by atoms with Gasteiger partial charge in [-0.3, -0.25) is 0 Å². The molecular formula is C12H19N3O. The summed E-state index contributed by atoms with van der Waals surface area (Å²) in [5, 5.41) is 12.8. The third kappa shape index (κ3) is 1.97. The third-order valence-electron chi connectivity index (χ3n) is 3.46. The lowest BCUT2D eigenvalue weighted by atomic mass is 9.99. The first kappa shape index (κ1) is 11.2. The molecular weight excluding hydrogens is 202 g/mol. The lowest BCUT2D eigenvalue weighted by Crippen LogP contribution is -2.39. The number of hydrogen-bond donors (Lipinski definition) is 3. The Morgan fingerprint density at radius 3 is 2.81 bits per heavy atom. The van der Waals surface area contributed by atoms with Gasteiger partial charge in [-0.15, -0.1) is 0 Å². The van der Waals surface area contributed by atoms with Gasteiger partial charge in [-0.2, -0.15) is 0 Å². The zero-order valence-corrected chi connectivity index (χ0v) is 9.66. The van der Waals surface area contributed by atoms with Crippen molar-refractivity contribution >= 4 is 11.5 Å². The van der Waals surface area contributed by atoms with E-state index in [1.54, 1.807) is 6.20 Å². The lowest BCUT2D eigenvalue weighted by Gasteiger charge is -2.29. The van der Waals surface area contributed by atoms with Gasteiger partial charge in [0, 0.05) is 6.20 Å². The SMILES string of the molecule is Cc1ccnc(NC2(CO)CCCC2)c1N. The zero-order chi connectivity index (χ0) is 11.6. The molecule has 0 amide bonds. The van der Waals surface area contributed by atoms with Gasteiger partial charge in [0.05, 0.1) is 17.8 Å². The molecule has 0 aliphatic heterocycles. The van der Waals surface area contributed by atoms with Crippen LogP contribution in [0.15, 0.2) is 12.3 Å². The highest BCUT2D eigenvalue weighted by Crippen LogP contribution is 2.34. The third-order valence-corrected chi connectivity index (χ3v) is 3.46. The fourth-order valence-electron chi connectivity index (χ4n) is 2.29. The van der Waals surface area contributed by atoms with Crippen molar-refractivity contribution in [3.8, 4) is 0 Å². The van der Waals surface area contributed by atoms with Crippen LogP contribution < -0.4 is 11.1 Å². The van der Waals surface area contributed by atoms with Crippen LogP contribution in [0.1, 0.15) is 31.2 Å². The highest BCUT2D eigenvalue weighted by Gasteiger charge is 2.33. The summed E-state index contributed by atoms with van der Waals surface area (Å²) < 4.78 is 0. The topological polar surface area (TPSA) is 71.2 Å². The molecule has 1 aromatic heterocycles. The van der Waals surface area contributed by atoms with Crippen molar-refractivity contribution in [3.05, 3.63) is 17.8 Å². The van der Waals surface area contributed by atoms with E-state index in [4.69, 9.17) is 5.73 Å². The molecule has 0 unspecified atom stereocenters. The van der Waals surface area contributed by atoms with Crippen LogP contribution in [0.3, 0.4) is 0 Å². The van der Waals surface area contributed by atoms with Crippen LogP contribution in [0, 0.1) is 6.92 Å². The monoisotopic (exact) mass is 221 g/mol. The Morgan fingerprint density at radius 1 is 1.50 bits per heavy atom. The van der Waals surface area contributed by atoms with Crippen LogP contribution >= 0.6 is 0 Å². The van der Waals surface area contributed by atoms with E-state index in [1.807, 2.05) is 13.0 Å². The Morgan fingerprint density at radius 2 is 2.19 bits per heavy atom. The number of nitrogen functional groups attached to an aromatic ring is 1. The van der Waals surface area contributed by atoms with Crippen molar-refractivity contribution in [1.29, 1.82) is 0 Å². The van der Waals surface area contributed by atoms with Crippen molar-refractivity contribution in [1.82, 2.24) is 4.98 Å². The van der Waals surface area contributed by atoms with Gasteiger partial charge >= 0.3 is 0 Å². The number of nitrogens with zero attached hydrogens (tertiary/aromatic N) is 1. The molecule has 1 saturated carbocycles. The molecule has 88 valence electrons. The fraction of sp³-hybridized carbons (Fsp3) is 0.583. The Bertz CT molecular complexity index is 373. The normalized spacial score (nSPS) is 18.6. The molecule has 0 atom stereocenters. The highest BCUT2D eigenvalue weighted by atomic mass is 16.3. The Labute approximate surface area is 95.9 Å². The van der Waals surface area contributed by atoms with E-state index in [2.05, 4.69) is 10.3 Å². The number of aliphatic hydroxyl groups excluding tert-OH is 1. The molecule has 16 heavy (non-hydrogen) atoms. The maximum atomic E-state index is 9.51. The van der Waals surface area contributed by atoms with Gasteiger partial charge in [0.1, 0.15) is 5.82 Å². The minimum Gasteiger partial charge on any atom is -0.396 e. The first-order chi connectivity index (χ1) is 7.67. The average Bonchev–Trinajstić information content (AvgIpc) is 2.74. The quantitative estimate of drug-likeness (QED) is 0.726. The molecule has 0 spiro atoms. The number of nitrogens with one attached hydrogen (secondary N) is 1. The van der Waals surface area contributed by atoms with E-state index < -0.39 is 0 Å². The number of anilines is 2. The minimum absolute atomic E-state index is 0.141. The van der Waals surface area contributed by atoms with Crippen molar-refractivity contribution in [2.75, 3.05) is 17.7 Å². The zero-order valence-electron chi connectivity index (χ0n) is 9.66. The van der Waals surface area contributed by atoms with Gasteiger partial charge in [-0.05, 0) is 31.4 Å². The van der Waals surface area contributed by atoms with Gasteiger partial charge in [0.15, 0.2) is 0 Å². The van der Waals surface area contributed by atoms with Crippen molar-refractivity contribution < 1.29 is 5.11 Å². The molecule has 4 heteroatoms. The maximum Gasteiger partial charge on any atom is 0.149 e. The number of pyridine rings is 1. The second-order valence-corrected chi connectivity index (χ2v) is 4.66. The average molecular weight is 221 g/mol. The second-order valence-electron chi connectivity index (χ2n) is 4.66. The standard InChI is InChI=1S/C12H19N3O/c1-9-4-7-14-11(10(9)13)15-12(8-16)5-2-3-6-12/h4,7,16H,2-3,5-6,8,13H2,1H3,(H,14,15). The van der Waals surface area contributed by atoms with Crippen molar-refractivity contribution in [2.45, 2.75) is 38.1 Å². The Hall–Kier alpha value is -1.29. The van der Waals surface area contributed by atoms with E-state index in [1.165, 1.54) is 0 Å². The molecule has 1 aliphatic carbocycles. The van der Waals surface area contributed by atoms with E-state index in [-0.39, 0.29) is 12.1 Å². The van der Waals surface area contributed by atoms with Crippen LogP contribution in [0.4, 0.5) is 11.5 Å². The van der Waals surface area contributed by atoms with Gasteiger partial charge in [0.25, 0.3) is 0 Å². The summed E-state index contributed by atoms with van der Waals surface area (Å²) in [6, 6.07) is 1.89. The maximum absolute atomic E-state index is 9.51. The van der Waals surface area contributed by atoms with E-state index in [0.717, 1.165) is 31.2 Å². The number of aromatic nitrogens is 1. The van der Waals surface area contributed by atoms with Crippen LogP contribution in [0.2, 0.25) is 0 Å². The van der Waals surface area contributed by atoms with Crippen LogP contribution in [-0.2, 0) is 0 Å². The van der Waals surface area contributed by atoms with Crippen LogP contribution in [0.25, 0.3) is 0 Å². The lowest BCUT2D eigenvalue weighted by molar-refractivity contribution is 0.214. The van der Waals surface area contributed by atoms with Crippen LogP contribution in [0.5, 0.6) is 0 Å². The number of rotatable bonds is 3. The van der Waals surface area contributed by atoms with Crippen molar-refractivity contribution in [2.24, 2.45) is 0 Å². The summed E-state index contributed by atoms with van der Waals surface area (Å²) in [4.78, 5) is 4.25. The molecule has 0 saturated heterocycles. The summed E-state index contributed by atoms with van der Waals surface area (Å²) in [6.45, 7) is 2.10. The summed E-state index contributed by atoms with van der Waals surface area (Å²) in [5.41, 5.74) is 7.45.